The molecule has 0 saturated heterocycles. The molecule has 2 nitrogen and oxygen atoms in total. The van der Waals surface area contributed by atoms with Crippen molar-refractivity contribution in [1.29, 1.82) is 0 Å². The van der Waals surface area contributed by atoms with Crippen molar-refractivity contribution in [2.24, 2.45) is 0 Å². The maximum absolute atomic E-state index is 4.49. The van der Waals surface area contributed by atoms with E-state index in [0.29, 0.717) is 0 Å². The summed E-state index contributed by atoms with van der Waals surface area (Å²) in [5, 5.41) is 5.75. The first-order chi connectivity index (χ1) is 7.15. The summed E-state index contributed by atoms with van der Waals surface area (Å²) < 4.78 is 0. The standard InChI is InChI=1S/C13H16N2/c1-13(2,14-3)12-11-7-5-4-6-10(11)8-9-15-12/h4-9,14H,1-3H3. The van der Waals surface area contributed by atoms with Crippen LogP contribution in [0.1, 0.15) is 19.5 Å². The van der Waals surface area contributed by atoms with Crippen LogP contribution in [-0.2, 0) is 5.54 Å². The summed E-state index contributed by atoms with van der Waals surface area (Å²) in [6.45, 7) is 4.28. The average molecular weight is 200 g/mol. The van der Waals surface area contributed by atoms with Crippen LogP contribution in [-0.4, -0.2) is 12.0 Å². The van der Waals surface area contributed by atoms with Gasteiger partial charge >= 0.3 is 0 Å². The van der Waals surface area contributed by atoms with Crippen LogP contribution in [0.15, 0.2) is 36.5 Å². The zero-order valence-electron chi connectivity index (χ0n) is 9.41. The van der Waals surface area contributed by atoms with Crippen molar-refractivity contribution >= 4 is 10.8 Å². The Morgan fingerprint density at radius 1 is 1.13 bits per heavy atom. The van der Waals surface area contributed by atoms with E-state index >= 15 is 0 Å². The maximum Gasteiger partial charge on any atom is 0.0676 e. The molecule has 78 valence electrons. The van der Waals surface area contributed by atoms with Gasteiger partial charge < -0.3 is 5.32 Å². The zero-order chi connectivity index (χ0) is 10.9. The van der Waals surface area contributed by atoms with Gasteiger partial charge in [0.05, 0.1) is 11.2 Å². The molecule has 1 aromatic heterocycles. The molecule has 15 heavy (non-hydrogen) atoms. The van der Waals surface area contributed by atoms with Gasteiger partial charge in [0.1, 0.15) is 0 Å². The van der Waals surface area contributed by atoms with E-state index in [9.17, 15) is 0 Å². The molecule has 0 atom stereocenters. The van der Waals surface area contributed by atoms with Gasteiger partial charge in [0, 0.05) is 11.6 Å². The monoisotopic (exact) mass is 200 g/mol. The predicted octanol–water partition coefficient (Wildman–Crippen LogP) is 2.69. The number of fused-ring (bicyclic) bond motifs is 1. The number of aromatic nitrogens is 1. The van der Waals surface area contributed by atoms with Gasteiger partial charge in [-0.3, -0.25) is 4.98 Å². The summed E-state index contributed by atoms with van der Waals surface area (Å²) in [5.74, 6) is 0. The van der Waals surface area contributed by atoms with Crippen molar-refractivity contribution in [3.63, 3.8) is 0 Å². The molecule has 1 heterocycles. The number of hydrogen-bond donors (Lipinski definition) is 1. The third kappa shape index (κ3) is 1.73. The Labute approximate surface area is 90.3 Å². The Balaban J connectivity index is 2.71. The third-order valence-corrected chi connectivity index (χ3v) is 2.89. The molecule has 1 N–H and O–H groups in total. The van der Waals surface area contributed by atoms with Gasteiger partial charge in [-0.05, 0) is 32.3 Å². The molecule has 0 amide bonds. The van der Waals surface area contributed by atoms with Gasteiger partial charge in [-0.2, -0.15) is 0 Å². The first-order valence-corrected chi connectivity index (χ1v) is 5.18. The van der Waals surface area contributed by atoms with Gasteiger partial charge in [-0.25, -0.2) is 0 Å². The van der Waals surface area contributed by atoms with E-state index < -0.39 is 0 Å². The molecule has 2 rings (SSSR count). The molecule has 0 fully saturated rings. The molecular weight excluding hydrogens is 184 g/mol. The van der Waals surface area contributed by atoms with Crippen molar-refractivity contribution in [3.8, 4) is 0 Å². The van der Waals surface area contributed by atoms with E-state index in [0.717, 1.165) is 5.69 Å². The Bertz CT molecular complexity index is 469. The Hall–Kier alpha value is -1.41. The van der Waals surface area contributed by atoms with Gasteiger partial charge in [-0.15, -0.1) is 0 Å². The number of rotatable bonds is 2. The summed E-state index contributed by atoms with van der Waals surface area (Å²) in [4.78, 5) is 4.49. The summed E-state index contributed by atoms with van der Waals surface area (Å²) in [6.07, 6.45) is 1.87. The van der Waals surface area contributed by atoms with Crippen LogP contribution in [0.5, 0.6) is 0 Å². The minimum absolute atomic E-state index is 0.0964. The molecule has 0 aliphatic carbocycles. The zero-order valence-corrected chi connectivity index (χ0v) is 9.41. The van der Waals surface area contributed by atoms with Gasteiger partial charge in [0.2, 0.25) is 0 Å². The average Bonchev–Trinajstić information content (AvgIpc) is 2.28. The highest BCUT2D eigenvalue weighted by atomic mass is 15.0. The molecular formula is C13H16N2. The normalized spacial score (nSPS) is 11.9. The Morgan fingerprint density at radius 2 is 1.87 bits per heavy atom. The largest absolute Gasteiger partial charge is 0.310 e. The van der Waals surface area contributed by atoms with E-state index in [4.69, 9.17) is 0 Å². The quantitative estimate of drug-likeness (QED) is 0.806. The molecule has 0 bridgehead atoms. The molecule has 0 spiro atoms. The van der Waals surface area contributed by atoms with Crippen molar-refractivity contribution in [2.45, 2.75) is 19.4 Å². The lowest BCUT2D eigenvalue weighted by Crippen LogP contribution is -2.34. The summed E-state index contributed by atoms with van der Waals surface area (Å²) in [5.41, 5.74) is 1.00. The lowest BCUT2D eigenvalue weighted by Gasteiger charge is -2.24. The van der Waals surface area contributed by atoms with E-state index in [1.165, 1.54) is 10.8 Å². The smallest absolute Gasteiger partial charge is 0.0676 e. The Kier molecular flexibility index (Phi) is 2.45. The molecule has 2 heteroatoms. The molecule has 0 unspecified atom stereocenters. The first-order valence-electron chi connectivity index (χ1n) is 5.18. The van der Waals surface area contributed by atoms with Crippen molar-refractivity contribution in [2.75, 3.05) is 7.05 Å². The van der Waals surface area contributed by atoms with Crippen LogP contribution in [0, 0.1) is 0 Å². The molecule has 0 radical (unpaired) electrons. The molecule has 2 aromatic rings. The number of benzene rings is 1. The minimum atomic E-state index is -0.0964. The number of pyridine rings is 1. The van der Waals surface area contributed by atoms with Gasteiger partial charge in [0.25, 0.3) is 0 Å². The van der Waals surface area contributed by atoms with Crippen molar-refractivity contribution in [3.05, 3.63) is 42.2 Å². The summed E-state index contributed by atoms with van der Waals surface area (Å²) in [7, 11) is 1.96. The van der Waals surface area contributed by atoms with Gasteiger partial charge in [0.15, 0.2) is 0 Å². The van der Waals surface area contributed by atoms with Crippen LogP contribution >= 0.6 is 0 Å². The van der Waals surface area contributed by atoms with E-state index in [1.54, 1.807) is 0 Å². The fourth-order valence-corrected chi connectivity index (χ4v) is 1.74. The van der Waals surface area contributed by atoms with Gasteiger partial charge in [-0.1, -0.05) is 24.3 Å². The SMILES string of the molecule is CNC(C)(C)c1nccc2ccccc12. The second-order valence-corrected chi connectivity index (χ2v) is 4.26. The van der Waals surface area contributed by atoms with Crippen LogP contribution in [0.25, 0.3) is 10.8 Å². The molecule has 0 aliphatic heterocycles. The molecule has 0 aliphatic rings. The van der Waals surface area contributed by atoms with Crippen molar-refractivity contribution < 1.29 is 0 Å². The lowest BCUT2D eigenvalue weighted by atomic mass is 9.95. The number of hydrogen-bond acceptors (Lipinski definition) is 2. The van der Waals surface area contributed by atoms with Crippen LogP contribution in [0.2, 0.25) is 0 Å². The predicted molar refractivity (Wildman–Crippen MR) is 63.8 cm³/mol. The van der Waals surface area contributed by atoms with E-state index in [2.05, 4.69) is 48.4 Å². The fraction of sp³-hybridized carbons (Fsp3) is 0.308. The van der Waals surface area contributed by atoms with Crippen LogP contribution in [0.3, 0.4) is 0 Å². The summed E-state index contributed by atoms with van der Waals surface area (Å²) >= 11 is 0. The highest BCUT2D eigenvalue weighted by Gasteiger charge is 2.21. The molecule has 1 aromatic carbocycles. The minimum Gasteiger partial charge on any atom is -0.310 e. The fourth-order valence-electron chi connectivity index (χ4n) is 1.74. The topological polar surface area (TPSA) is 24.9 Å². The number of nitrogens with one attached hydrogen (secondary N) is 1. The van der Waals surface area contributed by atoms with E-state index in [-0.39, 0.29) is 5.54 Å². The van der Waals surface area contributed by atoms with Crippen LogP contribution in [0.4, 0.5) is 0 Å². The molecule has 0 saturated carbocycles. The van der Waals surface area contributed by atoms with Crippen molar-refractivity contribution in [1.82, 2.24) is 10.3 Å². The second kappa shape index (κ2) is 3.63. The van der Waals surface area contributed by atoms with Crippen LogP contribution < -0.4 is 5.32 Å². The highest BCUT2D eigenvalue weighted by Crippen LogP contribution is 2.25. The maximum atomic E-state index is 4.49. The second-order valence-electron chi connectivity index (χ2n) is 4.26. The number of nitrogens with zero attached hydrogens (tertiary/aromatic N) is 1. The summed E-state index contributed by atoms with van der Waals surface area (Å²) in [6, 6.07) is 10.4. The lowest BCUT2D eigenvalue weighted by molar-refractivity contribution is 0.436. The highest BCUT2D eigenvalue weighted by molar-refractivity contribution is 5.85. The Morgan fingerprint density at radius 3 is 2.60 bits per heavy atom. The third-order valence-electron chi connectivity index (χ3n) is 2.89. The van der Waals surface area contributed by atoms with E-state index in [1.807, 2.05) is 19.3 Å². The first kappa shape index (κ1) is 10.1.